The van der Waals surface area contributed by atoms with E-state index in [1.54, 1.807) is 0 Å². The molecule has 0 aliphatic rings. The van der Waals surface area contributed by atoms with E-state index in [1.165, 1.54) is 0 Å². The van der Waals surface area contributed by atoms with E-state index in [1.807, 2.05) is 0 Å². The molecule has 0 unspecified atom stereocenters. The molecule has 98 valence electrons. The van der Waals surface area contributed by atoms with Gasteiger partial charge in [-0.1, -0.05) is 0 Å². The van der Waals surface area contributed by atoms with Gasteiger partial charge < -0.3 is 0 Å². The molecule has 1 aromatic rings. The van der Waals surface area contributed by atoms with Gasteiger partial charge in [0.25, 0.3) is 0 Å². The predicted octanol–water partition coefficient (Wildman–Crippen LogP) is 2.41. The molecule has 0 radical (unpaired) electrons. The van der Waals surface area contributed by atoms with E-state index < -0.39 is 23.8 Å². The number of aromatic nitrogens is 3. The number of nitrogens with zero attached hydrogens (tertiary/aromatic N) is 3. The summed E-state index contributed by atoms with van der Waals surface area (Å²) in [7, 11) is 0.801. The van der Waals surface area contributed by atoms with E-state index in [9.17, 15) is 30.7 Å². The van der Waals surface area contributed by atoms with Crippen LogP contribution in [0.15, 0.2) is 0 Å². The van der Waals surface area contributed by atoms with Crippen LogP contribution in [-0.4, -0.2) is 26.9 Å². The summed E-state index contributed by atoms with van der Waals surface area (Å²) in [5, 5.41) is 3.20. The molecular weight excluding hydrogens is 259 g/mol. The number of hydrogen-bond acceptors (Lipinski definition) is 2. The zero-order valence-corrected chi connectivity index (χ0v) is 8.49. The number of aryl methyl sites for hydroxylation is 2. The van der Waals surface area contributed by atoms with Gasteiger partial charge in [0.2, 0.25) is 5.82 Å². The molecule has 1 aromatic heterocycles. The van der Waals surface area contributed by atoms with E-state index in [0.29, 0.717) is 0 Å². The smallest absolute Gasteiger partial charge is 0.247 e. The molecule has 0 saturated heterocycles. The highest BCUT2D eigenvalue weighted by atomic mass is 19.4. The van der Waals surface area contributed by atoms with Crippen LogP contribution in [0, 0.1) is 6.92 Å². The molecule has 0 fully saturated rings. The second-order valence-electron chi connectivity index (χ2n) is 3.25. The van der Waals surface area contributed by atoms with Gasteiger partial charge in [-0.2, -0.15) is 35.8 Å². The highest BCUT2D eigenvalue weighted by Gasteiger charge is 2.75. The van der Waals surface area contributed by atoms with Gasteiger partial charge in [-0.15, -0.1) is 0 Å². The summed E-state index contributed by atoms with van der Waals surface area (Å²) in [5.74, 6) is -13.8. The van der Waals surface area contributed by atoms with Crippen LogP contribution in [0.5, 0.6) is 0 Å². The molecule has 1 rings (SSSR count). The Morgan fingerprint density at radius 2 is 1.47 bits per heavy atom. The fourth-order valence-corrected chi connectivity index (χ4v) is 1.10. The first kappa shape index (κ1) is 13.7. The van der Waals surface area contributed by atoms with E-state index >= 15 is 0 Å². The van der Waals surface area contributed by atoms with Crippen LogP contribution in [-0.2, 0) is 13.0 Å². The maximum atomic E-state index is 13.1. The zero-order valence-electron chi connectivity index (χ0n) is 8.49. The fraction of sp³-hybridized carbons (Fsp3) is 0.714. The van der Waals surface area contributed by atoms with Gasteiger partial charge in [0.15, 0.2) is 0 Å². The average molecular weight is 265 g/mol. The molecule has 1 heterocycles. The molecule has 0 atom stereocenters. The van der Waals surface area contributed by atoms with Crippen molar-refractivity contribution < 1.29 is 30.7 Å². The van der Waals surface area contributed by atoms with Crippen molar-refractivity contribution in [1.29, 1.82) is 0 Å². The minimum atomic E-state index is -6.38. The lowest BCUT2D eigenvalue weighted by atomic mass is 10.1. The summed E-state index contributed by atoms with van der Waals surface area (Å²) < 4.78 is 87.3. The Morgan fingerprint density at radius 1 is 1.00 bits per heavy atom. The van der Waals surface area contributed by atoms with Gasteiger partial charge in [0.05, 0.1) is 0 Å². The highest BCUT2D eigenvalue weighted by molar-refractivity contribution is 5.07. The van der Waals surface area contributed by atoms with Crippen molar-refractivity contribution in [3.8, 4) is 0 Å². The van der Waals surface area contributed by atoms with Crippen LogP contribution in [0.3, 0.4) is 0 Å². The Balaban J connectivity index is 3.33. The lowest BCUT2D eigenvalue weighted by molar-refractivity contribution is -0.361. The second-order valence-corrected chi connectivity index (χ2v) is 3.25. The number of alkyl halides is 7. The van der Waals surface area contributed by atoms with E-state index in [0.717, 1.165) is 14.0 Å². The van der Waals surface area contributed by atoms with Gasteiger partial charge in [-0.3, -0.25) is 0 Å². The van der Waals surface area contributed by atoms with Crippen molar-refractivity contribution in [1.82, 2.24) is 14.8 Å². The Kier molecular flexibility index (Phi) is 2.88. The molecule has 0 amide bonds. The first-order chi connectivity index (χ1) is 7.41. The SMILES string of the molecule is Cc1nc(C(F)(F)C(F)(F)C(F)(F)F)n(C)n1. The fourth-order valence-electron chi connectivity index (χ4n) is 1.10. The number of rotatable bonds is 2. The summed E-state index contributed by atoms with van der Waals surface area (Å²) >= 11 is 0. The number of halogens is 7. The lowest BCUT2D eigenvalue weighted by Gasteiger charge is -2.26. The third-order valence-electron chi connectivity index (χ3n) is 1.90. The van der Waals surface area contributed by atoms with Gasteiger partial charge >= 0.3 is 18.0 Å². The van der Waals surface area contributed by atoms with Crippen molar-refractivity contribution in [2.24, 2.45) is 7.05 Å². The van der Waals surface area contributed by atoms with Crippen LogP contribution in [0.2, 0.25) is 0 Å². The molecule has 0 spiro atoms. The van der Waals surface area contributed by atoms with E-state index in [2.05, 4.69) is 10.1 Å². The van der Waals surface area contributed by atoms with Gasteiger partial charge in [0.1, 0.15) is 5.82 Å². The monoisotopic (exact) mass is 265 g/mol. The second kappa shape index (κ2) is 3.57. The van der Waals surface area contributed by atoms with Crippen molar-refractivity contribution >= 4 is 0 Å². The normalized spacial score (nSPS) is 14.2. The van der Waals surface area contributed by atoms with Crippen molar-refractivity contribution in [2.75, 3.05) is 0 Å². The molecule has 3 nitrogen and oxygen atoms in total. The summed E-state index contributed by atoms with van der Waals surface area (Å²) in [6.45, 7) is 1.09. The molecular formula is C7H6F7N3. The first-order valence-electron chi connectivity index (χ1n) is 4.11. The van der Waals surface area contributed by atoms with Crippen molar-refractivity contribution in [2.45, 2.75) is 24.9 Å². The van der Waals surface area contributed by atoms with Crippen LogP contribution < -0.4 is 0 Å². The highest BCUT2D eigenvalue weighted by Crippen LogP contribution is 2.51. The quantitative estimate of drug-likeness (QED) is 0.769. The van der Waals surface area contributed by atoms with Crippen LogP contribution >= 0.6 is 0 Å². The Hall–Kier alpha value is -1.35. The van der Waals surface area contributed by atoms with E-state index in [-0.39, 0.29) is 10.5 Å². The standard InChI is InChI=1S/C7H6F7N3/c1-3-15-4(17(2)16-3)5(8,9)6(10,11)7(12,13)14/h1-2H3. The maximum absolute atomic E-state index is 13.1. The lowest BCUT2D eigenvalue weighted by Crippen LogP contribution is -2.51. The van der Waals surface area contributed by atoms with Gasteiger partial charge in [0, 0.05) is 7.05 Å². The van der Waals surface area contributed by atoms with Crippen molar-refractivity contribution in [3.05, 3.63) is 11.6 Å². The van der Waals surface area contributed by atoms with Crippen LogP contribution in [0.4, 0.5) is 30.7 Å². The van der Waals surface area contributed by atoms with E-state index in [4.69, 9.17) is 0 Å². The maximum Gasteiger partial charge on any atom is 0.460 e. The summed E-state index contributed by atoms with van der Waals surface area (Å²) in [5.41, 5.74) is 0. The summed E-state index contributed by atoms with van der Waals surface area (Å²) in [4.78, 5) is 2.88. The molecule has 0 aromatic carbocycles. The first-order valence-corrected chi connectivity index (χ1v) is 4.11. The Labute approximate surface area is 90.2 Å². The Morgan fingerprint density at radius 3 is 1.76 bits per heavy atom. The van der Waals surface area contributed by atoms with Gasteiger partial charge in [-0.25, -0.2) is 9.67 Å². The Bertz CT molecular complexity index is 420. The summed E-state index contributed by atoms with van der Waals surface area (Å²) in [6, 6.07) is 0. The third kappa shape index (κ3) is 1.95. The van der Waals surface area contributed by atoms with Crippen LogP contribution in [0.1, 0.15) is 11.6 Å². The molecule has 0 N–H and O–H groups in total. The molecule has 0 saturated carbocycles. The zero-order chi connectivity index (χ0) is 13.6. The van der Waals surface area contributed by atoms with Crippen molar-refractivity contribution in [3.63, 3.8) is 0 Å². The number of hydrogen-bond donors (Lipinski definition) is 0. The van der Waals surface area contributed by atoms with Crippen LogP contribution in [0.25, 0.3) is 0 Å². The minimum Gasteiger partial charge on any atom is -0.247 e. The predicted molar refractivity (Wildman–Crippen MR) is 40.6 cm³/mol. The third-order valence-corrected chi connectivity index (χ3v) is 1.90. The topological polar surface area (TPSA) is 30.7 Å². The summed E-state index contributed by atoms with van der Waals surface area (Å²) in [6.07, 6.45) is -6.38. The average Bonchev–Trinajstić information content (AvgIpc) is 2.43. The molecule has 0 bridgehead atoms. The molecule has 0 aliphatic carbocycles. The molecule has 0 aliphatic heterocycles. The van der Waals surface area contributed by atoms with Gasteiger partial charge in [-0.05, 0) is 6.92 Å². The molecule has 17 heavy (non-hydrogen) atoms. The molecule has 10 heteroatoms. The minimum absolute atomic E-state index is 0.189. The largest absolute Gasteiger partial charge is 0.460 e.